The summed E-state index contributed by atoms with van der Waals surface area (Å²) in [6.45, 7) is 0. The van der Waals surface area contributed by atoms with Crippen LogP contribution in [-0.4, -0.2) is 7.11 Å². The number of rotatable bonds is 2. The predicted molar refractivity (Wildman–Crippen MR) is 79.5 cm³/mol. The highest BCUT2D eigenvalue weighted by Gasteiger charge is 2.16. The van der Waals surface area contributed by atoms with E-state index in [-0.39, 0.29) is 11.2 Å². The molecule has 0 aliphatic carbocycles. The molecule has 20 heavy (non-hydrogen) atoms. The minimum Gasteiger partial charge on any atom is -0.490 e. The van der Waals surface area contributed by atoms with Gasteiger partial charge in [0.15, 0.2) is 5.76 Å². The molecule has 0 aliphatic rings. The molecule has 0 N–H and O–H groups in total. The van der Waals surface area contributed by atoms with Crippen LogP contribution < -0.4 is 10.2 Å². The van der Waals surface area contributed by atoms with E-state index in [2.05, 4.69) is 0 Å². The monoisotopic (exact) mass is 286 g/mol. The molecule has 0 fully saturated rings. The van der Waals surface area contributed by atoms with Gasteiger partial charge in [0.1, 0.15) is 5.58 Å². The van der Waals surface area contributed by atoms with Crippen LogP contribution in [0.5, 0.6) is 5.75 Å². The second-order valence-corrected chi connectivity index (χ2v) is 4.74. The molecule has 1 aromatic heterocycles. The molecule has 0 atom stereocenters. The summed E-state index contributed by atoms with van der Waals surface area (Å²) < 4.78 is 11.1. The SMILES string of the molecule is COc1c(-c2ccccc2)oc2ccc(Cl)cc2c1=O. The second-order valence-electron chi connectivity index (χ2n) is 4.30. The van der Waals surface area contributed by atoms with Crippen molar-refractivity contribution in [1.29, 1.82) is 0 Å². The molecule has 0 unspecified atom stereocenters. The van der Waals surface area contributed by atoms with Crippen molar-refractivity contribution in [2.75, 3.05) is 7.11 Å². The van der Waals surface area contributed by atoms with Crippen molar-refractivity contribution >= 4 is 22.6 Å². The molecule has 0 saturated carbocycles. The van der Waals surface area contributed by atoms with Gasteiger partial charge < -0.3 is 9.15 Å². The van der Waals surface area contributed by atoms with E-state index in [9.17, 15) is 4.79 Å². The van der Waals surface area contributed by atoms with Gasteiger partial charge in [0.05, 0.1) is 12.5 Å². The average molecular weight is 287 g/mol. The number of fused-ring (bicyclic) bond motifs is 1. The van der Waals surface area contributed by atoms with E-state index in [0.717, 1.165) is 5.56 Å². The van der Waals surface area contributed by atoms with E-state index in [1.165, 1.54) is 7.11 Å². The summed E-state index contributed by atoms with van der Waals surface area (Å²) in [5.41, 5.74) is 1.05. The first-order valence-electron chi connectivity index (χ1n) is 6.06. The summed E-state index contributed by atoms with van der Waals surface area (Å²) >= 11 is 5.92. The summed E-state index contributed by atoms with van der Waals surface area (Å²) in [6.07, 6.45) is 0. The number of methoxy groups -OCH3 is 1. The highest BCUT2D eigenvalue weighted by molar-refractivity contribution is 6.31. The van der Waals surface area contributed by atoms with E-state index in [0.29, 0.717) is 21.8 Å². The highest BCUT2D eigenvalue weighted by Crippen LogP contribution is 2.31. The number of hydrogen-bond donors (Lipinski definition) is 0. The van der Waals surface area contributed by atoms with Gasteiger partial charge >= 0.3 is 0 Å². The Labute approximate surface area is 120 Å². The van der Waals surface area contributed by atoms with Crippen molar-refractivity contribution in [3.8, 4) is 17.1 Å². The van der Waals surface area contributed by atoms with Gasteiger partial charge in [0.25, 0.3) is 0 Å². The third-order valence-corrected chi connectivity index (χ3v) is 3.29. The molecule has 3 nitrogen and oxygen atoms in total. The van der Waals surface area contributed by atoms with E-state index < -0.39 is 0 Å². The molecular weight excluding hydrogens is 276 g/mol. The van der Waals surface area contributed by atoms with Gasteiger partial charge in [-0.2, -0.15) is 0 Å². The number of halogens is 1. The smallest absolute Gasteiger partial charge is 0.235 e. The Morgan fingerprint density at radius 2 is 1.85 bits per heavy atom. The first kappa shape index (κ1) is 12.8. The zero-order chi connectivity index (χ0) is 14.1. The molecule has 3 rings (SSSR count). The quantitative estimate of drug-likeness (QED) is 0.711. The summed E-state index contributed by atoms with van der Waals surface area (Å²) in [7, 11) is 1.45. The summed E-state index contributed by atoms with van der Waals surface area (Å²) in [6, 6.07) is 14.3. The molecule has 0 spiro atoms. The Kier molecular flexibility index (Phi) is 3.20. The zero-order valence-electron chi connectivity index (χ0n) is 10.7. The van der Waals surface area contributed by atoms with Crippen molar-refractivity contribution in [3.63, 3.8) is 0 Å². The van der Waals surface area contributed by atoms with Crippen molar-refractivity contribution in [3.05, 3.63) is 63.8 Å². The Bertz CT molecular complexity index is 822. The topological polar surface area (TPSA) is 39.4 Å². The Balaban J connectivity index is 2.39. The lowest BCUT2D eigenvalue weighted by Crippen LogP contribution is -2.07. The van der Waals surface area contributed by atoms with Crippen LogP contribution in [0.3, 0.4) is 0 Å². The first-order chi connectivity index (χ1) is 9.70. The van der Waals surface area contributed by atoms with Crippen LogP contribution in [0.15, 0.2) is 57.7 Å². The third-order valence-electron chi connectivity index (χ3n) is 3.05. The van der Waals surface area contributed by atoms with Crippen LogP contribution in [0.2, 0.25) is 5.02 Å². The molecule has 100 valence electrons. The van der Waals surface area contributed by atoms with Gasteiger partial charge in [-0.25, -0.2) is 0 Å². The average Bonchev–Trinajstić information content (AvgIpc) is 2.48. The number of ether oxygens (including phenoxy) is 1. The number of hydrogen-bond acceptors (Lipinski definition) is 3. The fourth-order valence-corrected chi connectivity index (χ4v) is 2.29. The van der Waals surface area contributed by atoms with Crippen molar-refractivity contribution in [1.82, 2.24) is 0 Å². The van der Waals surface area contributed by atoms with Gasteiger partial charge in [0.2, 0.25) is 11.2 Å². The summed E-state index contributed by atoms with van der Waals surface area (Å²) in [5, 5.41) is 0.897. The van der Waals surface area contributed by atoms with Gasteiger partial charge in [-0.15, -0.1) is 0 Å². The van der Waals surface area contributed by atoms with Gasteiger partial charge in [-0.3, -0.25) is 4.79 Å². The lowest BCUT2D eigenvalue weighted by Gasteiger charge is -2.08. The molecule has 0 radical (unpaired) electrons. The van der Waals surface area contributed by atoms with Gasteiger partial charge in [-0.05, 0) is 18.2 Å². The predicted octanol–water partition coefficient (Wildman–Crippen LogP) is 4.12. The lowest BCUT2D eigenvalue weighted by molar-refractivity contribution is 0.399. The van der Waals surface area contributed by atoms with Crippen LogP contribution in [0.4, 0.5) is 0 Å². The molecule has 0 amide bonds. The van der Waals surface area contributed by atoms with Crippen LogP contribution in [0.1, 0.15) is 0 Å². The van der Waals surface area contributed by atoms with Gasteiger partial charge in [-0.1, -0.05) is 41.9 Å². The third kappa shape index (κ3) is 2.06. The largest absolute Gasteiger partial charge is 0.490 e. The molecule has 3 aromatic rings. The number of benzene rings is 2. The maximum atomic E-state index is 12.5. The minimum absolute atomic E-state index is 0.186. The second kappa shape index (κ2) is 5.02. The van der Waals surface area contributed by atoms with Crippen LogP contribution in [0.25, 0.3) is 22.3 Å². The Morgan fingerprint density at radius 1 is 1.10 bits per heavy atom. The normalized spacial score (nSPS) is 10.7. The van der Waals surface area contributed by atoms with E-state index in [1.807, 2.05) is 30.3 Å². The maximum Gasteiger partial charge on any atom is 0.235 e. The first-order valence-corrected chi connectivity index (χ1v) is 6.44. The Hall–Kier alpha value is -2.26. The highest BCUT2D eigenvalue weighted by atomic mass is 35.5. The molecule has 1 heterocycles. The Morgan fingerprint density at radius 3 is 2.55 bits per heavy atom. The molecule has 0 aliphatic heterocycles. The molecule has 4 heteroatoms. The van der Waals surface area contributed by atoms with Crippen molar-refractivity contribution in [2.24, 2.45) is 0 Å². The van der Waals surface area contributed by atoms with E-state index >= 15 is 0 Å². The molecule has 2 aromatic carbocycles. The molecule has 0 bridgehead atoms. The maximum absolute atomic E-state index is 12.5. The van der Waals surface area contributed by atoms with Gasteiger partial charge in [0, 0.05) is 10.6 Å². The van der Waals surface area contributed by atoms with Crippen molar-refractivity contribution in [2.45, 2.75) is 0 Å². The van der Waals surface area contributed by atoms with E-state index in [1.54, 1.807) is 18.2 Å². The van der Waals surface area contributed by atoms with Crippen molar-refractivity contribution < 1.29 is 9.15 Å². The standard InChI is InChI=1S/C16H11ClO3/c1-19-16-14(18)12-9-11(17)7-8-13(12)20-15(16)10-5-3-2-4-6-10/h2-9H,1H3. The molecule has 0 saturated heterocycles. The minimum atomic E-state index is -0.227. The summed E-state index contributed by atoms with van der Waals surface area (Å²) in [4.78, 5) is 12.5. The fraction of sp³-hybridized carbons (Fsp3) is 0.0625. The molecular formula is C16H11ClO3. The summed E-state index contributed by atoms with van der Waals surface area (Å²) in [5.74, 6) is 0.610. The zero-order valence-corrected chi connectivity index (χ0v) is 11.5. The van der Waals surface area contributed by atoms with Crippen LogP contribution >= 0.6 is 11.6 Å². The van der Waals surface area contributed by atoms with Crippen LogP contribution in [0, 0.1) is 0 Å². The van der Waals surface area contributed by atoms with E-state index in [4.69, 9.17) is 20.8 Å². The lowest BCUT2D eigenvalue weighted by atomic mass is 10.1. The van der Waals surface area contributed by atoms with Crippen LogP contribution in [-0.2, 0) is 0 Å². The fourth-order valence-electron chi connectivity index (χ4n) is 2.12.